The van der Waals surface area contributed by atoms with Crippen LogP contribution in [0.2, 0.25) is 0 Å². The molecule has 0 unspecified atom stereocenters. The smallest absolute Gasteiger partial charge is 0.190 e. The van der Waals surface area contributed by atoms with Gasteiger partial charge >= 0.3 is 0 Å². The van der Waals surface area contributed by atoms with E-state index < -0.39 is 11.9 Å². The highest BCUT2D eigenvalue weighted by Gasteiger charge is 2.46. The summed E-state index contributed by atoms with van der Waals surface area (Å²) in [7, 11) is 0. The van der Waals surface area contributed by atoms with Crippen LogP contribution >= 0.6 is 0 Å². The number of hydrogen-bond acceptors (Lipinski definition) is 3. The molecule has 0 radical (unpaired) electrons. The van der Waals surface area contributed by atoms with Gasteiger partial charge in [0.1, 0.15) is 5.60 Å². The number of rotatable bonds is 1. The maximum absolute atomic E-state index is 9.80. The minimum absolute atomic E-state index is 0.195. The van der Waals surface area contributed by atoms with E-state index in [-0.39, 0.29) is 6.10 Å². The first kappa shape index (κ1) is 7.28. The van der Waals surface area contributed by atoms with Crippen LogP contribution in [0.1, 0.15) is 12.8 Å². The maximum atomic E-state index is 9.80. The van der Waals surface area contributed by atoms with Gasteiger partial charge in [0.2, 0.25) is 0 Å². The van der Waals surface area contributed by atoms with Gasteiger partial charge in [0.05, 0.1) is 12.7 Å². The SMILES string of the molecule is C=C[C@@]1(O)CC[C@H]2CO[C@H]1O2. The average Bonchev–Trinajstić information content (AvgIpc) is 2.44. The molecular weight excluding hydrogens is 144 g/mol. The van der Waals surface area contributed by atoms with E-state index >= 15 is 0 Å². The third kappa shape index (κ3) is 1.00. The van der Waals surface area contributed by atoms with Crippen LogP contribution < -0.4 is 0 Å². The molecule has 2 fully saturated rings. The molecule has 0 spiro atoms. The van der Waals surface area contributed by atoms with Gasteiger partial charge in [-0.3, -0.25) is 0 Å². The molecule has 11 heavy (non-hydrogen) atoms. The molecule has 0 saturated carbocycles. The van der Waals surface area contributed by atoms with E-state index in [9.17, 15) is 5.11 Å². The summed E-state index contributed by atoms with van der Waals surface area (Å²) in [6.07, 6.45) is 2.79. The minimum Gasteiger partial charge on any atom is -0.380 e. The molecule has 2 heterocycles. The Morgan fingerprint density at radius 2 is 2.45 bits per heavy atom. The molecule has 2 aliphatic rings. The fourth-order valence-electron chi connectivity index (χ4n) is 1.57. The van der Waals surface area contributed by atoms with E-state index in [0.717, 1.165) is 6.42 Å². The van der Waals surface area contributed by atoms with Gasteiger partial charge < -0.3 is 14.6 Å². The van der Waals surface area contributed by atoms with Gasteiger partial charge in [0, 0.05) is 0 Å². The molecule has 2 aliphatic heterocycles. The fraction of sp³-hybridized carbons (Fsp3) is 0.750. The van der Waals surface area contributed by atoms with Crippen LogP contribution in [0.4, 0.5) is 0 Å². The molecule has 0 aromatic rings. The Hall–Kier alpha value is -0.380. The van der Waals surface area contributed by atoms with Crippen LogP contribution in [-0.2, 0) is 9.47 Å². The summed E-state index contributed by atoms with van der Waals surface area (Å²) in [4.78, 5) is 0. The lowest BCUT2D eigenvalue weighted by atomic mass is 9.94. The Morgan fingerprint density at radius 3 is 3.18 bits per heavy atom. The van der Waals surface area contributed by atoms with Crippen molar-refractivity contribution in [2.75, 3.05) is 6.61 Å². The van der Waals surface area contributed by atoms with Gasteiger partial charge in [-0.2, -0.15) is 0 Å². The van der Waals surface area contributed by atoms with Gasteiger partial charge in [0.25, 0.3) is 0 Å². The zero-order valence-electron chi connectivity index (χ0n) is 6.32. The van der Waals surface area contributed by atoms with Crippen LogP contribution in [0.5, 0.6) is 0 Å². The monoisotopic (exact) mass is 156 g/mol. The Kier molecular flexibility index (Phi) is 1.52. The highest BCUT2D eigenvalue weighted by molar-refractivity contribution is 5.03. The zero-order chi connectivity index (χ0) is 7.90. The highest BCUT2D eigenvalue weighted by atomic mass is 16.7. The van der Waals surface area contributed by atoms with Crippen molar-refractivity contribution in [3.63, 3.8) is 0 Å². The second-order valence-electron chi connectivity index (χ2n) is 3.16. The van der Waals surface area contributed by atoms with Crippen LogP contribution in [0.3, 0.4) is 0 Å². The summed E-state index contributed by atoms with van der Waals surface area (Å²) in [5.41, 5.74) is -0.951. The van der Waals surface area contributed by atoms with E-state index in [1.54, 1.807) is 0 Å². The molecule has 62 valence electrons. The van der Waals surface area contributed by atoms with E-state index in [1.165, 1.54) is 6.08 Å². The zero-order valence-corrected chi connectivity index (χ0v) is 6.32. The minimum atomic E-state index is -0.951. The maximum Gasteiger partial charge on any atom is 0.190 e. The lowest BCUT2D eigenvalue weighted by molar-refractivity contribution is -0.189. The van der Waals surface area contributed by atoms with Crippen molar-refractivity contribution in [2.45, 2.75) is 30.8 Å². The molecular formula is C8H12O3. The van der Waals surface area contributed by atoms with Crippen molar-refractivity contribution in [2.24, 2.45) is 0 Å². The predicted molar refractivity (Wildman–Crippen MR) is 39.0 cm³/mol. The van der Waals surface area contributed by atoms with Gasteiger partial charge in [-0.1, -0.05) is 6.08 Å². The van der Waals surface area contributed by atoms with Crippen molar-refractivity contribution in [1.29, 1.82) is 0 Å². The lowest BCUT2D eigenvalue weighted by Gasteiger charge is -2.33. The van der Waals surface area contributed by atoms with Crippen molar-refractivity contribution in [3.8, 4) is 0 Å². The second kappa shape index (κ2) is 2.30. The molecule has 3 atom stereocenters. The van der Waals surface area contributed by atoms with Crippen molar-refractivity contribution >= 4 is 0 Å². The fourth-order valence-corrected chi connectivity index (χ4v) is 1.57. The molecule has 2 rings (SSSR count). The average molecular weight is 156 g/mol. The second-order valence-corrected chi connectivity index (χ2v) is 3.16. The van der Waals surface area contributed by atoms with E-state index in [0.29, 0.717) is 13.0 Å². The quantitative estimate of drug-likeness (QED) is 0.560. The topological polar surface area (TPSA) is 38.7 Å². The summed E-state index contributed by atoms with van der Waals surface area (Å²) in [6, 6.07) is 0. The first-order valence-corrected chi connectivity index (χ1v) is 3.88. The van der Waals surface area contributed by atoms with Gasteiger partial charge in [-0.05, 0) is 12.8 Å². The third-order valence-corrected chi connectivity index (χ3v) is 2.38. The normalized spacial score (nSPS) is 49.2. The number of hydrogen-bond donors (Lipinski definition) is 1. The van der Waals surface area contributed by atoms with Crippen molar-refractivity contribution in [1.82, 2.24) is 0 Å². The van der Waals surface area contributed by atoms with Crippen LogP contribution in [0.15, 0.2) is 12.7 Å². The summed E-state index contributed by atoms with van der Waals surface area (Å²) in [5, 5.41) is 9.80. The van der Waals surface area contributed by atoms with E-state index in [1.807, 2.05) is 0 Å². The standard InChI is InChI=1S/C8H12O3/c1-2-8(9)4-3-6-5-10-7(8)11-6/h2,6-7,9H,1,3-5H2/t6-,7-,8+/m0/s1. The molecule has 1 N–H and O–H groups in total. The summed E-state index contributed by atoms with van der Waals surface area (Å²) >= 11 is 0. The van der Waals surface area contributed by atoms with Crippen LogP contribution in [0, 0.1) is 0 Å². The molecule has 0 aromatic heterocycles. The van der Waals surface area contributed by atoms with Gasteiger partial charge in [-0.15, -0.1) is 6.58 Å². The summed E-state index contributed by atoms with van der Waals surface area (Å²) in [6.45, 7) is 4.17. The predicted octanol–water partition coefficient (Wildman–Crippen LogP) is 0.439. The molecule has 2 saturated heterocycles. The Bertz CT molecular complexity index is 180. The Morgan fingerprint density at radius 1 is 1.64 bits per heavy atom. The van der Waals surface area contributed by atoms with Gasteiger partial charge in [0.15, 0.2) is 6.29 Å². The van der Waals surface area contributed by atoms with E-state index in [4.69, 9.17) is 9.47 Å². The summed E-state index contributed by atoms with van der Waals surface area (Å²) < 4.78 is 10.6. The lowest BCUT2D eigenvalue weighted by Crippen LogP contribution is -2.44. The van der Waals surface area contributed by atoms with Crippen LogP contribution in [0.25, 0.3) is 0 Å². The van der Waals surface area contributed by atoms with Crippen LogP contribution in [-0.4, -0.2) is 29.7 Å². The van der Waals surface area contributed by atoms with Crippen molar-refractivity contribution in [3.05, 3.63) is 12.7 Å². The summed E-state index contributed by atoms with van der Waals surface area (Å²) in [5.74, 6) is 0. The molecule has 0 aliphatic carbocycles. The number of fused-ring (bicyclic) bond motifs is 2. The largest absolute Gasteiger partial charge is 0.380 e. The molecule has 3 heteroatoms. The molecule has 0 amide bonds. The number of ether oxygens (including phenoxy) is 2. The first-order valence-electron chi connectivity index (χ1n) is 3.88. The third-order valence-electron chi connectivity index (χ3n) is 2.38. The Labute approximate surface area is 65.6 Å². The number of aliphatic hydroxyl groups is 1. The molecule has 0 aromatic carbocycles. The Balaban J connectivity index is 2.18. The van der Waals surface area contributed by atoms with Crippen molar-refractivity contribution < 1.29 is 14.6 Å². The van der Waals surface area contributed by atoms with E-state index in [2.05, 4.69) is 6.58 Å². The highest BCUT2D eigenvalue weighted by Crippen LogP contribution is 2.35. The molecule has 2 bridgehead atoms. The first-order chi connectivity index (χ1) is 5.24. The van der Waals surface area contributed by atoms with Gasteiger partial charge in [-0.25, -0.2) is 0 Å². The molecule has 3 nitrogen and oxygen atoms in total.